The SMILES string of the molecule is Cn1ccnc1-c1cccc(-c2scc[n+]2C)[n+]1C. The Labute approximate surface area is 116 Å². The van der Waals surface area contributed by atoms with Crippen molar-refractivity contribution < 1.29 is 9.13 Å². The first-order chi connectivity index (χ1) is 9.18. The van der Waals surface area contributed by atoms with Crippen LogP contribution in [0.25, 0.3) is 22.2 Å². The molecule has 0 aromatic carbocycles. The topological polar surface area (TPSA) is 25.6 Å². The maximum absolute atomic E-state index is 4.43. The molecule has 0 bridgehead atoms. The van der Waals surface area contributed by atoms with Crippen molar-refractivity contribution in [2.75, 3.05) is 0 Å². The Hall–Kier alpha value is -2.01. The van der Waals surface area contributed by atoms with E-state index in [4.69, 9.17) is 0 Å². The summed E-state index contributed by atoms with van der Waals surface area (Å²) in [5.74, 6) is 0.976. The van der Waals surface area contributed by atoms with E-state index in [9.17, 15) is 0 Å². The Morgan fingerprint density at radius 1 is 1.21 bits per heavy atom. The molecule has 4 nitrogen and oxygen atoms in total. The van der Waals surface area contributed by atoms with E-state index in [1.165, 1.54) is 10.7 Å². The van der Waals surface area contributed by atoms with E-state index in [2.05, 4.69) is 58.0 Å². The molecule has 0 amide bonds. The average molecular weight is 272 g/mol. The third-order valence-electron chi connectivity index (χ3n) is 3.28. The monoisotopic (exact) mass is 272 g/mol. The van der Waals surface area contributed by atoms with E-state index in [0.717, 1.165) is 11.5 Å². The van der Waals surface area contributed by atoms with Crippen LogP contribution in [0.1, 0.15) is 0 Å². The van der Waals surface area contributed by atoms with Gasteiger partial charge in [-0.3, -0.25) is 0 Å². The third kappa shape index (κ3) is 1.96. The molecule has 0 saturated heterocycles. The zero-order valence-electron chi connectivity index (χ0n) is 11.2. The van der Waals surface area contributed by atoms with Gasteiger partial charge in [0.05, 0.1) is 5.38 Å². The van der Waals surface area contributed by atoms with Gasteiger partial charge in [-0.25, -0.2) is 4.98 Å². The van der Waals surface area contributed by atoms with Gasteiger partial charge >= 0.3 is 5.01 Å². The average Bonchev–Trinajstić information content (AvgIpc) is 2.99. The molecule has 5 heteroatoms. The summed E-state index contributed by atoms with van der Waals surface area (Å²) in [6.07, 6.45) is 5.87. The standard InChI is InChI=1S/C14H16N4S/c1-16-8-7-15-13(16)11-5-4-6-12(18(11)3)14-17(2)9-10-19-14/h4-10H,1-3H3/q+2. The van der Waals surface area contributed by atoms with Crippen LogP contribution in [0.3, 0.4) is 0 Å². The zero-order valence-corrected chi connectivity index (χ0v) is 12.1. The molecule has 0 fully saturated rings. The molecule has 19 heavy (non-hydrogen) atoms. The number of hydrogen-bond acceptors (Lipinski definition) is 2. The number of nitrogens with zero attached hydrogens (tertiary/aromatic N) is 4. The van der Waals surface area contributed by atoms with Gasteiger partial charge < -0.3 is 4.57 Å². The van der Waals surface area contributed by atoms with Gasteiger partial charge in [0.25, 0.3) is 5.69 Å². The lowest BCUT2D eigenvalue weighted by atomic mass is 10.2. The Balaban J connectivity index is 2.21. The first-order valence-electron chi connectivity index (χ1n) is 6.08. The summed E-state index contributed by atoms with van der Waals surface area (Å²) in [5, 5.41) is 3.33. The van der Waals surface area contributed by atoms with Gasteiger partial charge in [0.2, 0.25) is 11.5 Å². The zero-order chi connectivity index (χ0) is 13.4. The highest BCUT2D eigenvalue weighted by Crippen LogP contribution is 2.19. The lowest BCUT2D eigenvalue weighted by Crippen LogP contribution is -2.38. The second-order valence-electron chi connectivity index (χ2n) is 4.54. The number of aryl methyl sites for hydroxylation is 2. The van der Waals surface area contributed by atoms with Crippen molar-refractivity contribution in [3.63, 3.8) is 0 Å². The second kappa shape index (κ2) is 4.59. The molecule has 0 N–H and O–H groups in total. The van der Waals surface area contributed by atoms with E-state index >= 15 is 0 Å². The molecule has 3 aromatic rings. The van der Waals surface area contributed by atoms with Crippen molar-refractivity contribution >= 4 is 11.3 Å². The lowest BCUT2D eigenvalue weighted by molar-refractivity contribution is -0.682. The summed E-state index contributed by atoms with van der Waals surface area (Å²) < 4.78 is 6.36. The van der Waals surface area contributed by atoms with Crippen LogP contribution in [-0.2, 0) is 21.1 Å². The Morgan fingerprint density at radius 2 is 2.00 bits per heavy atom. The van der Waals surface area contributed by atoms with E-state index < -0.39 is 0 Å². The number of pyridine rings is 1. The molecule has 0 aliphatic heterocycles. The smallest absolute Gasteiger partial charge is 0.329 e. The van der Waals surface area contributed by atoms with Gasteiger partial charge in [-0.05, 0) is 6.07 Å². The predicted molar refractivity (Wildman–Crippen MR) is 74.3 cm³/mol. The molecule has 3 rings (SSSR count). The van der Waals surface area contributed by atoms with Crippen LogP contribution in [0.2, 0.25) is 0 Å². The molecule has 96 valence electrons. The van der Waals surface area contributed by atoms with Crippen molar-refractivity contribution in [3.05, 3.63) is 42.2 Å². The number of thiazole rings is 1. The van der Waals surface area contributed by atoms with E-state index in [-0.39, 0.29) is 0 Å². The molecular formula is C14H16N4S+2. The van der Waals surface area contributed by atoms with E-state index in [1.807, 2.05) is 24.0 Å². The Bertz CT molecular complexity index is 668. The molecule has 0 aliphatic carbocycles. The molecule has 0 aliphatic rings. The maximum atomic E-state index is 4.43. The highest BCUT2D eigenvalue weighted by molar-refractivity contribution is 7.12. The largest absolute Gasteiger partial charge is 0.334 e. The van der Waals surface area contributed by atoms with Crippen molar-refractivity contribution in [1.82, 2.24) is 9.55 Å². The summed E-state index contributed by atoms with van der Waals surface area (Å²) >= 11 is 1.74. The fourth-order valence-corrected chi connectivity index (χ4v) is 3.14. The van der Waals surface area contributed by atoms with E-state index in [0.29, 0.717) is 0 Å². The van der Waals surface area contributed by atoms with Crippen LogP contribution < -0.4 is 9.13 Å². The van der Waals surface area contributed by atoms with Crippen LogP contribution >= 0.6 is 11.3 Å². The van der Waals surface area contributed by atoms with Crippen molar-refractivity contribution in [3.8, 4) is 22.2 Å². The fraction of sp³-hybridized carbons (Fsp3) is 0.214. The molecule has 0 saturated carbocycles. The molecular weight excluding hydrogens is 256 g/mol. The fourth-order valence-electron chi connectivity index (χ4n) is 2.21. The summed E-state index contributed by atoms with van der Waals surface area (Å²) in [6.45, 7) is 0. The number of imidazole rings is 1. The Morgan fingerprint density at radius 3 is 2.63 bits per heavy atom. The summed E-state index contributed by atoms with van der Waals surface area (Å²) in [4.78, 5) is 4.43. The number of aromatic nitrogens is 4. The first-order valence-corrected chi connectivity index (χ1v) is 6.96. The minimum Gasteiger partial charge on any atom is -0.329 e. The minimum absolute atomic E-state index is 0.976. The highest BCUT2D eigenvalue weighted by Gasteiger charge is 2.25. The van der Waals surface area contributed by atoms with E-state index in [1.54, 1.807) is 11.3 Å². The molecule has 0 unspecified atom stereocenters. The van der Waals surface area contributed by atoms with Crippen molar-refractivity contribution in [1.29, 1.82) is 0 Å². The van der Waals surface area contributed by atoms with Crippen LogP contribution in [-0.4, -0.2) is 9.55 Å². The molecule has 0 spiro atoms. The van der Waals surface area contributed by atoms with Gasteiger partial charge in [-0.1, -0.05) is 11.3 Å². The minimum atomic E-state index is 0.976. The van der Waals surface area contributed by atoms with Crippen LogP contribution in [0.5, 0.6) is 0 Å². The normalized spacial score (nSPS) is 10.9. The Kier molecular flexibility index (Phi) is 2.91. The van der Waals surface area contributed by atoms with Crippen LogP contribution in [0.4, 0.5) is 0 Å². The van der Waals surface area contributed by atoms with Crippen LogP contribution in [0.15, 0.2) is 42.2 Å². The molecule has 0 atom stereocenters. The van der Waals surface area contributed by atoms with Crippen molar-refractivity contribution in [2.24, 2.45) is 21.1 Å². The molecule has 0 radical (unpaired) electrons. The second-order valence-corrected chi connectivity index (χ2v) is 5.43. The van der Waals surface area contributed by atoms with Gasteiger partial charge in [-0.15, -0.1) is 0 Å². The molecule has 3 heterocycles. The van der Waals surface area contributed by atoms with Gasteiger partial charge in [0, 0.05) is 31.6 Å². The highest BCUT2D eigenvalue weighted by atomic mass is 32.1. The quantitative estimate of drug-likeness (QED) is 0.649. The third-order valence-corrected chi connectivity index (χ3v) is 4.26. The maximum Gasteiger partial charge on any atom is 0.334 e. The van der Waals surface area contributed by atoms with Gasteiger partial charge in [0.15, 0.2) is 6.20 Å². The predicted octanol–water partition coefficient (Wildman–Crippen LogP) is 1.46. The summed E-state index contributed by atoms with van der Waals surface area (Å²) in [6, 6.07) is 6.32. The summed E-state index contributed by atoms with van der Waals surface area (Å²) in [7, 11) is 6.17. The number of rotatable bonds is 2. The molecule has 3 aromatic heterocycles. The van der Waals surface area contributed by atoms with Crippen molar-refractivity contribution in [2.45, 2.75) is 0 Å². The number of hydrogen-bond donors (Lipinski definition) is 0. The lowest BCUT2D eigenvalue weighted by Gasteiger charge is -2.02. The summed E-state index contributed by atoms with van der Waals surface area (Å²) in [5.41, 5.74) is 2.30. The van der Waals surface area contributed by atoms with Crippen LogP contribution in [0, 0.1) is 0 Å². The first kappa shape index (κ1) is 12.0. The van der Waals surface area contributed by atoms with Gasteiger partial charge in [0.1, 0.15) is 14.1 Å². The van der Waals surface area contributed by atoms with Gasteiger partial charge in [-0.2, -0.15) is 9.13 Å².